The lowest BCUT2D eigenvalue weighted by atomic mass is 9.99. The van der Waals surface area contributed by atoms with Gasteiger partial charge in [-0.05, 0) is 43.5 Å². The van der Waals surface area contributed by atoms with Gasteiger partial charge in [-0.15, -0.1) is 0 Å². The standard InChI is InChI=1S/C19H28F3N3O2/c1-11(2)17(25-9-12(3)27-13(4)10-25)18(26)24-16-6-14(8-23)5-15(7-16)19(20,21)22/h5-7,11-13,17H,8-10,23H2,1-4H3,(H,24,26). The average Bonchev–Trinajstić information content (AvgIpc) is 2.52. The van der Waals surface area contributed by atoms with Crippen LogP contribution in [0.3, 0.4) is 0 Å². The van der Waals surface area contributed by atoms with Crippen LogP contribution in [0.5, 0.6) is 0 Å². The van der Waals surface area contributed by atoms with E-state index in [1.54, 1.807) is 0 Å². The van der Waals surface area contributed by atoms with Crippen LogP contribution in [0.2, 0.25) is 0 Å². The number of alkyl halides is 3. The Morgan fingerprint density at radius 1 is 1.26 bits per heavy atom. The van der Waals surface area contributed by atoms with Crippen LogP contribution in [0.1, 0.15) is 38.8 Å². The fraction of sp³-hybridized carbons (Fsp3) is 0.632. The summed E-state index contributed by atoms with van der Waals surface area (Å²) in [6.45, 7) is 8.88. The minimum Gasteiger partial charge on any atom is -0.373 e. The third-order valence-electron chi connectivity index (χ3n) is 4.56. The number of halogens is 3. The minimum absolute atomic E-state index is 0.0118. The van der Waals surface area contributed by atoms with E-state index in [-0.39, 0.29) is 36.3 Å². The lowest BCUT2D eigenvalue weighted by Crippen LogP contribution is -2.55. The normalized spacial score (nSPS) is 22.7. The van der Waals surface area contributed by atoms with E-state index in [2.05, 4.69) is 5.32 Å². The van der Waals surface area contributed by atoms with Gasteiger partial charge in [-0.3, -0.25) is 9.69 Å². The van der Waals surface area contributed by atoms with E-state index in [0.29, 0.717) is 18.7 Å². The highest BCUT2D eigenvalue weighted by molar-refractivity contribution is 5.95. The van der Waals surface area contributed by atoms with Gasteiger partial charge in [0.2, 0.25) is 5.91 Å². The van der Waals surface area contributed by atoms with Gasteiger partial charge in [-0.1, -0.05) is 13.8 Å². The van der Waals surface area contributed by atoms with Crippen molar-refractivity contribution < 1.29 is 22.7 Å². The Labute approximate surface area is 158 Å². The van der Waals surface area contributed by atoms with Gasteiger partial charge in [-0.2, -0.15) is 13.2 Å². The number of hydrogen-bond donors (Lipinski definition) is 2. The molecule has 0 saturated carbocycles. The Hall–Kier alpha value is -1.64. The molecule has 2 rings (SSSR count). The summed E-state index contributed by atoms with van der Waals surface area (Å²) < 4.78 is 45.0. The van der Waals surface area contributed by atoms with Crippen molar-refractivity contribution in [3.63, 3.8) is 0 Å². The largest absolute Gasteiger partial charge is 0.416 e. The van der Waals surface area contributed by atoms with Crippen LogP contribution in [-0.2, 0) is 22.3 Å². The number of amides is 1. The Balaban J connectivity index is 2.25. The average molecular weight is 387 g/mol. The summed E-state index contributed by atoms with van der Waals surface area (Å²) in [7, 11) is 0. The Kier molecular flexibility index (Phi) is 6.88. The molecule has 1 saturated heterocycles. The molecule has 1 amide bonds. The van der Waals surface area contributed by atoms with Gasteiger partial charge in [0.1, 0.15) is 0 Å². The molecule has 3 N–H and O–H groups in total. The van der Waals surface area contributed by atoms with Crippen molar-refractivity contribution >= 4 is 11.6 Å². The molecule has 8 heteroatoms. The van der Waals surface area contributed by atoms with Crippen LogP contribution in [0.4, 0.5) is 18.9 Å². The SMILES string of the molecule is CC1CN(C(C(=O)Nc2cc(CN)cc(C(F)(F)F)c2)C(C)C)CC(C)O1. The number of rotatable bonds is 5. The van der Waals surface area contributed by atoms with E-state index < -0.39 is 17.8 Å². The van der Waals surface area contributed by atoms with Crippen LogP contribution >= 0.6 is 0 Å². The first-order valence-corrected chi connectivity index (χ1v) is 9.12. The molecule has 1 aliphatic rings. The Bertz CT molecular complexity index is 654. The van der Waals surface area contributed by atoms with Gasteiger partial charge in [0.15, 0.2) is 0 Å². The van der Waals surface area contributed by atoms with Gasteiger partial charge < -0.3 is 15.8 Å². The monoisotopic (exact) mass is 387 g/mol. The third-order valence-corrected chi connectivity index (χ3v) is 4.56. The summed E-state index contributed by atoms with van der Waals surface area (Å²) in [6, 6.07) is 2.96. The lowest BCUT2D eigenvalue weighted by Gasteiger charge is -2.41. The van der Waals surface area contributed by atoms with Crippen molar-refractivity contribution in [3.8, 4) is 0 Å². The highest BCUT2D eigenvalue weighted by Gasteiger charge is 2.35. The van der Waals surface area contributed by atoms with Crippen LogP contribution in [0, 0.1) is 5.92 Å². The molecule has 1 aromatic carbocycles. The molecule has 0 spiro atoms. The number of carbonyl (C=O) groups excluding carboxylic acids is 1. The molecule has 27 heavy (non-hydrogen) atoms. The third kappa shape index (κ3) is 5.67. The molecule has 0 aliphatic carbocycles. The first kappa shape index (κ1) is 21.7. The number of carbonyl (C=O) groups is 1. The number of nitrogens with one attached hydrogen (secondary N) is 1. The fourth-order valence-electron chi connectivity index (χ4n) is 3.60. The number of ether oxygens (including phenoxy) is 1. The number of benzene rings is 1. The quantitative estimate of drug-likeness (QED) is 0.814. The molecule has 0 bridgehead atoms. The second kappa shape index (κ2) is 8.58. The predicted octanol–water partition coefficient (Wildman–Crippen LogP) is 3.24. The second-order valence-electron chi connectivity index (χ2n) is 7.51. The number of nitrogens with zero attached hydrogens (tertiary/aromatic N) is 1. The summed E-state index contributed by atoms with van der Waals surface area (Å²) in [6.07, 6.45) is -4.53. The molecule has 152 valence electrons. The lowest BCUT2D eigenvalue weighted by molar-refractivity contribution is -0.137. The van der Waals surface area contributed by atoms with E-state index in [1.807, 2.05) is 32.6 Å². The summed E-state index contributed by atoms with van der Waals surface area (Å²) in [4.78, 5) is 15.0. The molecular formula is C19H28F3N3O2. The van der Waals surface area contributed by atoms with Gasteiger partial charge in [-0.25, -0.2) is 0 Å². The first-order chi connectivity index (χ1) is 12.5. The van der Waals surface area contributed by atoms with Crippen molar-refractivity contribution in [3.05, 3.63) is 29.3 Å². The van der Waals surface area contributed by atoms with Gasteiger partial charge in [0.25, 0.3) is 0 Å². The Morgan fingerprint density at radius 3 is 2.33 bits per heavy atom. The molecule has 1 heterocycles. The van der Waals surface area contributed by atoms with Crippen LogP contribution in [0.15, 0.2) is 18.2 Å². The van der Waals surface area contributed by atoms with Crippen molar-refractivity contribution in [2.45, 2.75) is 58.7 Å². The predicted molar refractivity (Wildman–Crippen MR) is 98.2 cm³/mol. The molecule has 3 atom stereocenters. The highest BCUT2D eigenvalue weighted by atomic mass is 19.4. The number of nitrogens with two attached hydrogens (primary N) is 1. The van der Waals surface area contributed by atoms with E-state index in [0.717, 1.165) is 12.1 Å². The highest BCUT2D eigenvalue weighted by Crippen LogP contribution is 2.32. The van der Waals surface area contributed by atoms with E-state index in [4.69, 9.17) is 10.5 Å². The van der Waals surface area contributed by atoms with E-state index >= 15 is 0 Å². The maximum absolute atomic E-state index is 13.1. The molecule has 0 aromatic heterocycles. The molecule has 1 fully saturated rings. The summed E-state index contributed by atoms with van der Waals surface area (Å²) in [5.74, 6) is -0.337. The van der Waals surface area contributed by atoms with Crippen LogP contribution in [-0.4, -0.2) is 42.1 Å². The van der Waals surface area contributed by atoms with Gasteiger partial charge >= 0.3 is 6.18 Å². The number of anilines is 1. The van der Waals surface area contributed by atoms with Crippen molar-refractivity contribution in [2.75, 3.05) is 18.4 Å². The zero-order chi connectivity index (χ0) is 20.4. The molecule has 1 aromatic rings. The molecule has 5 nitrogen and oxygen atoms in total. The van der Waals surface area contributed by atoms with Gasteiger partial charge in [0.05, 0.1) is 23.8 Å². The van der Waals surface area contributed by atoms with Crippen LogP contribution < -0.4 is 11.1 Å². The first-order valence-electron chi connectivity index (χ1n) is 9.12. The molecule has 3 unspecified atom stereocenters. The van der Waals surface area contributed by atoms with Crippen molar-refractivity contribution in [2.24, 2.45) is 11.7 Å². The van der Waals surface area contributed by atoms with E-state index in [9.17, 15) is 18.0 Å². The smallest absolute Gasteiger partial charge is 0.373 e. The summed E-state index contributed by atoms with van der Waals surface area (Å²) in [5, 5.41) is 2.66. The number of morpholine rings is 1. The summed E-state index contributed by atoms with van der Waals surface area (Å²) >= 11 is 0. The zero-order valence-corrected chi connectivity index (χ0v) is 16.1. The molecule has 1 aliphatic heterocycles. The second-order valence-corrected chi connectivity index (χ2v) is 7.51. The molecular weight excluding hydrogens is 359 g/mol. The summed E-state index contributed by atoms with van der Waals surface area (Å²) in [5.41, 5.74) is 5.11. The fourth-order valence-corrected chi connectivity index (χ4v) is 3.60. The van der Waals surface area contributed by atoms with E-state index in [1.165, 1.54) is 6.07 Å². The van der Waals surface area contributed by atoms with Crippen molar-refractivity contribution in [1.82, 2.24) is 4.90 Å². The minimum atomic E-state index is -4.50. The number of hydrogen-bond acceptors (Lipinski definition) is 4. The Morgan fingerprint density at radius 2 is 1.85 bits per heavy atom. The maximum Gasteiger partial charge on any atom is 0.416 e. The van der Waals surface area contributed by atoms with Crippen molar-refractivity contribution in [1.29, 1.82) is 0 Å². The van der Waals surface area contributed by atoms with Crippen LogP contribution in [0.25, 0.3) is 0 Å². The maximum atomic E-state index is 13.1. The topological polar surface area (TPSA) is 67.6 Å². The van der Waals surface area contributed by atoms with Gasteiger partial charge in [0, 0.05) is 25.3 Å². The molecule has 0 radical (unpaired) electrons. The zero-order valence-electron chi connectivity index (χ0n) is 16.1.